The highest BCUT2D eigenvalue weighted by atomic mass is 32.2. The summed E-state index contributed by atoms with van der Waals surface area (Å²) in [5, 5.41) is 26.8. The first-order chi connectivity index (χ1) is 57.7. The normalized spacial score (nSPS) is 15.3. The summed E-state index contributed by atoms with van der Waals surface area (Å²) in [4.78, 5) is 82.9. The molecule has 0 bridgehead atoms. The Morgan fingerprint density at radius 2 is 0.800 bits per heavy atom. The van der Waals surface area contributed by atoms with Crippen LogP contribution < -0.4 is 10.6 Å². The highest BCUT2D eigenvalue weighted by Gasteiger charge is 2.41. The maximum atomic E-state index is 15.2. The fraction of sp³-hybridized carbons (Fsp3) is 0.587. The molecule has 664 valence electrons. The Hall–Kier alpha value is -7.32. The molecular weight excluding hydrogens is 1590 g/mol. The van der Waals surface area contributed by atoms with Gasteiger partial charge >= 0.3 is 11.9 Å². The number of nitrogens with zero attached hydrogens (tertiary/aromatic N) is 4. The minimum absolute atomic E-state index is 0.0103. The monoisotopic (exact) mass is 1710 g/mol. The van der Waals surface area contributed by atoms with Crippen LogP contribution in [0, 0.1) is 57.8 Å². The van der Waals surface area contributed by atoms with E-state index >= 15 is 8.78 Å². The Bertz CT molecular complexity index is 3750. The second-order valence-corrected chi connectivity index (χ2v) is 34.9. The third-order valence-electron chi connectivity index (χ3n) is 20.7. The lowest BCUT2D eigenvalue weighted by molar-refractivity contribution is -0.143. The number of carbonyl (C=O) groups is 6. The van der Waals surface area contributed by atoms with Crippen LogP contribution in [-0.4, -0.2) is 232 Å². The van der Waals surface area contributed by atoms with Gasteiger partial charge < -0.3 is 77.7 Å². The molecule has 2 saturated heterocycles. The zero-order valence-corrected chi connectivity index (χ0v) is 73.2. The van der Waals surface area contributed by atoms with E-state index in [1.54, 1.807) is 0 Å². The minimum atomic E-state index is -1.09. The molecule has 0 radical (unpaired) electrons. The van der Waals surface area contributed by atoms with Crippen molar-refractivity contribution in [3.05, 3.63) is 167 Å². The number of unbranched alkanes of at least 4 members (excludes halogenated alkanes) is 2. The molecule has 0 aliphatic carbocycles. The van der Waals surface area contributed by atoms with Crippen LogP contribution in [0.3, 0.4) is 0 Å². The van der Waals surface area contributed by atoms with E-state index in [9.17, 15) is 47.8 Å². The number of aliphatic carboxylic acids is 2. The Morgan fingerprint density at radius 1 is 0.467 bits per heavy atom. The molecule has 6 aromatic rings. The summed E-state index contributed by atoms with van der Waals surface area (Å²) in [6, 6.07) is 29.2. The quantitative estimate of drug-likeness (QED) is 0.0204. The van der Waals surface area contributed by atoms with Crippen LogP contribution in [0.4, 0.5) is 17.6 Å². The van der Waals surface area contributed by atoms with Crippen molar-refractivity contribution < 1.29 is 94.4 Å². The predicted molar refractivity (Wildman–Crippen MR) is 462 cm³/mol. The van der Waals surface area contributed by atoms with Gasteiger partial charge in [0, 0.05) is 123 Å². The maximum absolute atomic E-state index is 15.2. The van der Waals surface area contributed by atoms with Gasteiger partial charge in [-0.3, -0.25) is 28.8 Å². The number of carboxylic acids is 2. The number of carboxylic acid groups (broad SMARTS) is 2. The molecular formula is C92H130F4N6O16S2. The van der Waals surface area contributed by atoms with Gasteiger partial charge in [0.05, 0.1) is 128 Å². The van der Waals surface area contributed by atoms with Crippen LogP contribution in [0.1, 0.15) is 154 Å². The largest absolute Gasteiger partial charge is 0.481 e. The first-order valence-electron chi connectivity index (χ1n) is 42.4. The number of hydrogen-bond acceptors (Lipinski definition) is 18. The van der Waals surface area contributed by atoms with Gasteiger partial charge in [0.15, 0.2) is 0 Å². The van der Waals surface area contributed by atoms with E-state index in [1.807, 2.05) is 104 Å². The standard InChI is InChI=1S/2C46H65F2N3O8S/c2*1-5-6-17-56-19-21-58-23-24-59-22-20-57-18-15-39(52)25-37(45(54)55)32-60-33-43(53)51(30-35-14-16-49-28-35)44(46(2,3)4)42-26-36(40-27-38(47)12-13-41(40)48)31-50(42)29-34-10-8-7-9-11-34/h2*7-13,26-27,31,35,37,44,49H,5-6,14-25,28-30,32-33H2,1-4H3,(H,54,55)/t2*35?,37-,44-/m00/s1. The molecule has 8 rings (SSSR count). The number of amides is 2. The summed E-state index contributed by atoms with van der Waals surface area (Å²) < 4.78 is 107. The summed E-state index contributed by atoms with van der Waals surface area (Å²) in [6.45, 7) is 28.6. The molecule has 2 fully saturated rings. The Kier molecular flexibility index (Phi) is 45.2. The predicted octanol–water partition coefficient (Wildman–Crippen LogP) is 15.3. The van der Waals surface area contributed by atoms with E-state index in [1.165, 1.54) is 35.7 Å². The van der Waals surface area contributed by atoms with Crippen molar-refractivity contribution in [2.45, 2.75) is 145 Å². The van der Waals surface area contributed by atoms with Crippen LogP contribution in [0.5, 0.6) is 0 Å². The molecule has 120 heavy (non-hydrogen) atoms. The average molecular weight is 1720 g/mol. The van der Waals surface area contributed by atoms with Crippen molar-refractivity contribution in [1.29, 1.82) is 0 Å². The van der Waals surface area contributed by atoms with Crippen molar-refractivity contribution in [2.75, 3.05) is 168 Å². The topological polar surface area (TPSA) is 257 Å². The van der Waals surface area contributed by atoms with Gasteiger partial charge in [0.1, 0.15) is 34.8 Å². The number of rotatable bonds is 58. The summed E-state index contributed by atoms with van der Waals surface area (Å²) in [6.07, 6.45) is 9.53. The third-order valence-corrected chi connectivity index (χ3v) is 22.9. The summed E-state index contributed by atoms with van der Waals surface area (Å²) in [7, 11) is 0. The van der Waals surface area contributed by atoms with Crippen LogP contribution >= 0.6 is 23.5 Å². The van der Waals surface area contributed by atoms with Gasteiger partial charge in [-0.1, -0.05) is 129 Å². The third kappa shape index (κ3) is 35.9. The van der Waals surface area contributed by atoms with Crippen LogP contribution in [0.2, 0.25) is 0 Å². The molecule has 0 spiro atoms. The SMILES string of the molecule is CCCCOCCOCCOCCOCCC(=O)C[C@@H](CSCC(=O)N(CC1CCNC1)[C@@H](c1cc(-c2cc(F)ccc2F)cn1Cc1ccccc1)C(C)(C)C)C(=O)O.CCCCOCCOCCOCCOCCC(=O)C[C@@H](CSCC(=O)N(CC1CCNC1)[C@@H](c1cc(-c2cc(F)ccc2F)cn1Cc1ccccc1)C(C)(C)C)C(=O)O. The molecule has 2 aliphatic heterocycles. The van der Waals surface area contributed by atoms with Crippen molar-refractivity contribution in [3.63, 3.8) is 0 Å². The number of carbonyl (C=O) groups excluding carboxylic acids is 4. The minimum Gasteiger partial charge on any atom is -0.481 e. The highest BCUT2D eigenvalue weighted by molar-refractivity contribution is 8.00. The lowest BCUT2D eigenvalue weighted by Crippen LogP contribution is -2.45. The first-order valence-corrected chi connectivity index (χ1v) is 44.7. The van der Waals surface area contributed by atoms with Crippen LogP contribution in [0.15, 0.2) is 122 Å². The van der Waals surface area contributed by atoms with Crippen molar-refractivity contribution in [1.82, 2.24) is 29.6 Å². The van der Waals surface area contributed by atoms with E-state index in [-0.39, 0.29) is 108 Å². The number of Topliss-reactive ketones (excluding diaryl/α,β-unsaturated/α-hetero) is 2. The second-order valence-electron chi connectivity index (χ2n) is 32.8. The van der Waals surface area contributed by atoms with E-state index in [2.05, 4.69) is 66.0 Å². The molecule has 4 N–H and O–H groups in total. The summed E-state index contributed by atoms with van der Waals surface area (Å²) >= 11 is 2.41. The first kappa shape index (κ1) is 99.8. The number of halogens is 4. The van der Waals surface area contributed by atoms with Crippen molar-refractivity contribution >= 4 is 58.8 Å². The van der Waals surface area contributed by atoms with Gasteiger partial charge in [-0.2, -0.15) is 23.5 Å². The Balaban J connectivity index is 0.000000331. The van der Waals surface area contributed by atoms with Gasteiger partial charge in [-0.25, -0.2) is 17.6 Å². The fourth-order valence-electron chi connectivity index (χ4n) is 14.5. The number of ketones is 2. The smallest absolute Gasteiger partial charge is 0.307 e. The Morgan fingerprint density at radius 3 is 1.11 bits per heavy atom. The number of nitrogens with one attached hydrogen (secondary N) is 2. The molecule has 2 amide bonds. The van der Waals surface area contributed by atoms with Crippen molar-refractivity contribution in [3.8, 4) is 22.3 Å². The van der Waals surface area contributed by atoms with E-state index < -0.39 is 70.0 Å². The summed E-state index contributed by atoms with van der Waals surface area (Å²) in [5.41, 5.74) is 3.85. The molecule has 4 heterocycles. The zero-order chi connectivity index (χ0) is 86.7. The molecule has 4 aromatic carbocycles. The average Bonchev–Trinajstić information content (AvgIpc) is 1.58. The number of benzene rings is 4. The molecule has 2 unspecified atom stereocenters. The number of ether oxygens (including phenoxy) is 8. The van der Waals surface area contributed by atoms with E-state index in [4.69, 9.17) is 37.9 Å². The zero-order valence-electron chi connectivity index (χ0n) is 71.6. The lowest BCUT2D eigenvalue weighted by atomic mass is 9.82. The van der Waals surface area contributed by atoms with Gasteiger partial charge in [0.2, 0.25) is 11.8 Å². The fourth-order valence-corrected chi connectivity index (χ4v) is 16.5. The van der Waals surface area contributed by atoms with Gasteiger partial charge in [-0.15, -0.1) is 0 Å². The molecule has 2 aromatic heterocycles. The number of aromatic nitrogens is 2. The Labute approximate surface area is 715 Å². The van der Waals surface area contributed by atoms with Crippen molar-refractivity contribution in [2.24, 2.45) is 34.5 Å². The molecule has 2 aliphatic rings. The molecule has 28 heteroatoms. The van der Waals surface area contributed by atoms with Crippen LogP contribution in [-0.2, 0) is 79.8 Å². The van der Waals surface area contributed by atoms with E-state index in [0.29, 0.717) is 117 Å². The molecule has 0 saturated carbocycles. The number of hydrogen-bond donors (Lipinski definition) is 4. The van der Waals surface area contributed by atoms with E-state index in [0.717, 1.165) is 125 Å². The van der Waals surface area contributed by atoms with Crippen LogP contribution in [0.25, 0.3) is 22.3 Å². The summed E-state index contributed by atoms with van der Waals surface area (Å²) in [5.74, 6) is -6.50. The molecule has 22 nitrogen and oxygen atoms in total. The molecule has 6 atom stereocenters. The second kappa shape index (κ2) is 54.3. The van der Waals surface area contributed by atoms with Gasteiger partial charge in [-0.05, 0) is 134 Å². The lowest BCUT2D eigenvalue weighted by Gasteiger charge is -2.42. The number of thioether (sulfide) groups is 2. The highest BCUT2D eigenvalue weighted by Crippen LogP contribution is 2.44. The maximum Gasteiger partial charge on any atom is 0.307 e. The van der Waals surface area contributed by atoms with Gasteiger partial charge in [0.25, 0.3) is 0 Å².